The Labute approximate surface area is 164 Å². The van der Waals surface area contributed by atoms with Gasteiger partial charge < -0.3 is 14.8 Å². The minimum atomic E-state index is -0.925. The van der Waals surface area contributed by atoms with Crippen LogP contribution in [0.4, 0.5) is 4.39 Å². The minimum absolute atomic E-state index is 0.315. The number of halogens is 1. The minimum Gasteiger partial charge on any atom is -0.466 e. The Bertz CT molecular complexity index is 811. The molecule has 1 atom stereocenters. The van der Waals surface area contributed by atoms with E-state index in [0.717, 1.165) is 43.0 Å². The van der Waals surface area contributed by atoms with Gasteiger partial charge >= 0.3 is 5.97 Å². The molecule has 1 saturated heterocycles. The Hall–Kier alpha value is -2.25. The van der Waals surface area contributed by atoms with Crippen LogP contribution >= 0.6 is 0 Å². The number of esters is 1. The van der Waals surface area contributed by atoms with Crippen molar-refractivity contribution in [2.75, 3.05) is 40.0 Å². The molecule has 0 bridgehead atoms. The monoisotopic (exact) mass is 387 g/mol. The third-order valence-corrected chi connectivity index (χ3v) is 5.66. The molecule has 28 heavy (non-hydrogen) atoms. The number of hydrogen-bond acceptors (Lipinski definition) is 6. The number of aliphatic imine (C=N–C) groups is 1. The highest BCUT2D eigenvalue weighted by molar-refractivity contribution is 5.98. The molecule has 4 rings (SSSR count). The average molecular weight is 387 g/mol. The fraction of sp³-hybridized carbons (Fsp3) is 0.524. The third kappa shape index (κ3) is 3.69. The highest BCUT2D eigenvalue weighted by Crippen LogP contribution is 2.41. The molecule has 0 radical (unpaired) electrons. The topological polar surface area (TPSA) is 63.2 Å². The first-order chi connectivity index (χ1) is 13.5. The summed E-state index contributed by atoms with van der Waals surface area (Å²) < 4.78 is 24.1. The maximum Gasteiger partial charge on any atom is 0.338 e. The summed E-state index contributed by atoms with van der Waals surface area (Å²) in [6.07, 6.45) is 2.17. The maximum absolute atomic E-state index is 13.5. The number of methoxy groups -OCH3 is 1. The van der Waals surface area contributed by atoms with Gasteiger partial charge in [0.2, 0.25) is 0 Å². The summed E-state index contributed by atoms with van der Waals surface area (Å²) in [5, 5.41) is 3.44. The predicted molar refractivity (Wildman–Crippen MR) is 103 cm³/mol. The number of amidine groups is 1. The van der Waals surface area contributed by atoms with Crippen LogP contribution in [0.3, 0.4) is 0 Å². The third-order valence-electron chi connectivity index (χ3n) is 5.66. The van der Waals surface area contributed by atoms with Crippen molar-refractivity contribution in [3.05, 3.63) is 46.9 Å². The van der Waals surface area contributed by atoms with Gasteiger partial charge in [-0.3, -0.25) is 9.89 Å². The standard InChI is InChI=1S/C21H26FN3O3/c1-21(15-5-7-16(22)8-6-15)18(20(26)27-2)17(13-25-9-11-28-12-10-25)23-19(24-21)14-3-4-14/h5-8,14H,3-4,9-13H2,1-2H3,(H,23,24). The van der Waals surface area contributed by atoms with Gasteiger partial charge in [0, 0.05) is 31.2 Å². The quantitative estimate of drug-likeness (QED) is 0.785. The molecular weight excluding hydrogens is 361 g/mol. The molecule has 7 heteroatoms. The van der Waals surface area contributed by atoms with Gasteiger partial charge in [0.15, 0.2) is 0 Å². The van der Waals surface area contributed by atoms with Gasteiger partial charge in [-0.05, 0) is 37.5 Å². The Morgan fingerprint density at radius 3 is 2.61 bits per heavy atom. The van der Waals surface area contributed by atoms with Gasteiger partial charge in [-0.15, -0.1) is 0 Å². The van der Waals surface area contributed by atoms with Crippen molar-refractivity contribution in [3.8, 4) is 0 Å². The molecule has 1 N–H and O–H groups in total. The molecule has 1 aromatic rings. The Kier molecular flexibility index (Phi) is 5.21. The Balaban J connectivity index is 1.79. The number of benzene rings is 1. The van der Waals surface area contributed by atoms with Crippen LogP contribution in [0.2, 0.25) is 0 Å². The zero-order valence-electron chi connectivity index (χ0n) is 16.3. The number of morpholine rings is 1. The van der Waals surface area contributed by atoms with Gasteiger partial charge in [-0.1, -0.05) is 12.1 Å². The molecule has 150 valence electrons. The van der Waals surface area contributed by atoms with E-state index in [0.29, 0.717) is 31.2 Å². The van der Waals surface area contributed by atoms with Crippen LogP contribution in [0, 0.1) is 11.7 Å². The lowest BCUT2D eigenvalue weighted by Gasteiger charge is -2.37. The van der Waals surface area contributed by atoms with E-state index in [1.54, 1.807) is 12.1 Å². The van der Waals surface area contributed by atoms with E-state index in [1.807, 2.05) is 6.92 Å². The lowest BCUT2D eigenvalue weighted by atomic mass is 9.82. The van der Waals surface area contributed by atoms with Crippen LogP contribution in [0.5, 0.6) is 0 Å². The number of rotatable bonds is 5. The lowest BCUT2D eigenvalue weighted by molar-refractivity contribution is -0.137. The second kappa shape index (κ2) is 7.64. The first kappa shape index (κ1) is 19.1. The van der Waals surface area contributed by atoms with E-state index >= 15 is 0 Å². The summed E-state index contributed by atoms with van der Waals surface area (Å²) in [4.78, 5) is 20.1. The average Bonchev–Trinajstić information content (AvgIpc) is 3.54. The number of ether oxygens (including phenoxy) is 2. The largest absolute Gasteiger partial charge is 0.466 e. The van der Waals surface area contributed by atoms with Crippen molar-refractivity contribution < 1.29 is 18.7 Å². The van der Waals surface area contributed by atoms with Gasteiger partial charge in [-0.2, -0.15) is 0 Å². The predicted octanol–water partition coefficient (Wildman–Crippen LogP) is 2.21. The Morgan fingerprint density at radius 1 is 1.32 bits per heavy atom. The molecule has 2 fully saturated rings. The Morgan fingerprint density at radius 2 is 2.00 bits per heavy atom. The molecular formula is C21H26FN3O3. The van der Waals surface area contributed by atoms with Crippen LogP contribution in [-0.2, 0) is 19.8 Å². The van der Waals surface area contributed by atoms with Gasteiger partial charge in [0.1, 0.15) is 17.2 Å². The number of hydrogen-bond donors (Lipinski definition) is 1. The van der Waals surface area contributed by atoms with Crippen LogP contribution in [0.25, 0.3) is 0 Å². The maximum atomic E-state index is 13.5. The molecule has 2 heterocycles. The molecule has 1 aliphatic carbocycles. The van der Waals surface area contributed by atoms with E-state index in [1.165, 1.54) is 19.2 Å². The smallest absolute Gasteiger partial charge is 0.338 e. The first-order valence-electron chi connectivity index (χ1n) is 9.76. The summed E-state index contributed by atoms with van der Waals surface area (Å²) in [5.41, 5.74) is 1.15. The fourth-order valence-electron chi connectivity index (χ4n) is 3.89. The molecule has 1 aromatic carbocycles. The van der Waals surface area contributed by atoms with E-state index in [9.17, 15) is 9.18 Å². The highest BCUT2D eigenvalue weighted by atomic mass is 19.1. The van der Waals surface area contributed by atoms with E-state index in [2.05, 4.69) is 10.2 Å². The lowest BCUT2D eigenvalue weighted by Crippen LogP contribution is -2.47. The van der Waals surface area contributed by atoms with E-state index < -0.39 is 11.5 Å². The van der Waals surface area contributed by atoms with Gasteiger partial charge in [0.05, 0.1) is 25.9 Å². The van der Waals surface area contributed by atoms with Crippen molar-refractivity contribution in [1.82, 2.24) is 10.2 Å². The van der Waals surface area contributed by atoms with Gasteiger partial charge in [-0.25, -0.2) is 9.18 Å². The van der Waals surface area contributed by atoms with E-state index in [4.69, 9.17) is 14.5 Å². The number of nitrogens with one attached hydrogen (secondary N) is 1. The zero-order valence-corrected chi connectivity index (χ0v) is 16.3. The van der Waals surface area contributed by atoms with Crippen molar-refractivity contribution in [2.45, 2.75) is 25.3 Å². The summed E-state index contributed by atoms with van der Waals surface area (Å²) >= 11 is 0. The number of nitrogens with zero attached hydrogens (tertiary/aromatic N) is 2. The van der Waals surface area contributed by atoms with Crippen molar-refractivity contribution >= 4 is 11.8 Å². The first-order valence-corrected chi connectivity index (χ1v) is 9.76. The van der Waals surface area contributed by atoms with Gasteiger partial charge in [0.25, 0.3) is 0 Å². The molecule has 0 spiro atoms. The van der Waals surface area contributed by atoms with Crippen molar-refractivity contribution in [2.24, 2.45) is 10.9 Å². The number of carbonyl (C=O) groups is 1. The number of carbonyl (C=O) groups excluding carboxylic acids is 1. The van der Waals surface area contributed by atoms with Crippen LogP contribution in [-0.4, -0.2) is 56.7 Å². The van der Waals surface area contributed by atoms with Crippen molar-refractivity contribution in [3.63, 3.8) is 0 Å². The second-order valence-electron chi connectivity index (χ2n) is 7.71. The highest BCUT2D eigenvalue weighted by Gasteiger charge is 2.44. The SMILES string of the molecule is COC(=O)C1=C(CN2CCOCC2)NC(C2CC2)=NC1(C)c1ccc(F)cc1. The molecule has 1 saturated carbocycles. The second-order valence-corrected chi connectivity index (χ2v) is 7.71. The summed E-state index contributed by atoms with van der Waals surface area (Å²) in [6, 6.07) is 6.21. The fourth-order valence-corrected chi connectivity index (χ4v) is 3.89. The van der Waals surface area contributed by atoms with Crippen molar-refractivity contribution in [1.29, 1.82) is 0 Å². The summed E-state index contributed by atoms with van der Waals surface area (Å²) in [7, 11) is 1.38. The summed E-state index contributed by atoms with van der Waals surface area (Å²) in [5.74, 6) is 0.562. The zero-order chi connectivity index (χ0) is 19.7. The molecule has 1 unspecified atom stereocenters. The summed E-state index contributed by atoms with van der Waals surface area (Å²) in [6.45, 7) is 5.48. The van der Waals surface area contributed by atoms with Crippen LogP contribution < -0.4 is 5.32 Å². The van der Waals surface area contributed by atoms with Crippen LogP contribution in [0.1, 0.15) is 25.3 Å². The molecule has 3 aliphatic rings. The molecule has 0 amide bonds. The molecule has 2 aliphatic heterocycles. The molecule has 6 nitrogen and oxygen atoms in total. The van der Waals surface area contributed by atoms with E-state index in [-0.39, 0.29) is 5.82 Å². The van der Waals surface area contributed by atoms with Crippen LogP contribution in [0.15, 0.2) is 40.5 Å². The normalized spacial score (nSPS) is 25.9. The molecule has 0 aromatic heterocycles.